The molecule has 2 heterocycles. The maximum atomic E-state index is 14.4. The van der Waals surface area contributed by atoms with Crippen LogP contribution in [0.1, 0.15) is 43.2 Å². The van der Waals surface area contributed by atoms with E-state index < -0.39 is 5.82 Å². The van der Waals surface area contributed by atoms with Crippen molar-refractivity contribution in [2.24, 2.45) is 0 Å². The molecule has 0 saturated carbocycles. The minimum Gasteiger partial charge on any atom is -0.383 e. The summed E-state index contributed by atoms with van der Waals surface area (Å²) in [6.45, 7) is 9.59. The molecule has 1 aliphatic rings. The summed E-state index contributed by atoms with van der Waals surface area (Å²) in [4.78, 5) is 32.6. The summed E-state index contributed by atoms with van der Waals surface area (Å²) in [5.74, 6) is -0.638. The Balaban J connectivity index is 1.78. The molecule has 2 amide bonds. The number of para-hydroxylation sites is 1. The Morgan fingerprint density at radius 1 is 1.03 bits per heavy atom. The fourth-order valence-corrected chi connectivity index (χ4v) is 5.11. The van der Waals surface area contributed by atoms with Crippen LogP contribution in [0, 0.1) is 5.82 Å². The van der Waals surface area contributed by atoms with Gasteiger partial charge in [-0.15, -0.1) is 0 Å². The predicted octanol–water partition coefficient (Wildman–Crippen LogP) is 4.54. The fourth-order valence-electron chi connectivity index (χ4n) is 5.11. The Hall–Kier alpha value is -3.23. The van der Waals surface area contributed by atoms with E-state index in [9.17, 15) is 14.0 Å². The van der Waals surface area contributed by atoms with Crippen molar-refractivity contribution < 1.29 is 18.7 Å². The van der Waals surface area contributed by atoms with Crippen LogP contribution in [0.2, 0.25) is 0 Å². The molecule has 37 heavy (non-hydrogen) atoms. The Bertz CT molecular complexity index is 1260. The van der Waals surface area contributed by atoms with Crippen LogP contribution in [-0.4, -0.2) is 72.1 Å². The van der Waals surface area contributed by atoms with Gasteiger partial charge in [-0.2, -0.15) is 0 Å². The van der Waals surface area contributed by atoms with Gasteiger partial charge in [-0.3, -0.25) is 14.5 Å². The molecule has 0 N–H and O–H groups in total. The normalized spacial score (nSPS) is 15.6. The molecule has 0 spiro atoms. The largest absolute Gasteiger partial charge is 0.383 e. The topological polar surface area (TPSA) is 58.0 Å². The predicted molar refractivity (Wildman–Crippen MR) is 144 cm³/mol. The number of ether oxygens (including phenoxy) is 1. The standard InChI is InChI=1S/C29H37FN4O3/c1-21(2)31-12-7-13-33(22(3)35)27-19-25(30)11-10-24(27)20-32(15-14-31)29(36)28-18-23-8-5-6-9-26(23)34(28)16-17-37-4/h5-6,8-11,18-19,21H,7,12-17,20H2,1-4H3. The van der Waals surface area contributed by atoms with Crippen molar-refractivity contribution in [3.8, 4) is 0 Å². The van der Waals surface area contributed by atoms with Gasteiger partial charge in [0.25, 0.3) is 5.91 Å². The van der Waals surface area contributed by atoms with E-state index in [1.54, 1.807) is 18.1 Å². The van der Waals surface area contributed by atoms with E-state index in [1.807, 2.05) is 39.8 Å². The average molecular weight is 509 g/mol. The Morgan fingerprint density at radius 2 is 1.81 bits per heavy atom. The number of fused-ring (bicyclic) bond motifs is 2. The Kier molecular flexibility index (Phi) is 8.61. The van der Waals surface area contributed by atoms with Gasteiger partial charge in [0.15, 0.2) is 0 Å². The third kappa shape index (κ3) is 6.02. The van der Waals surface area contributed by atoms with E-state index in [0.717, 1.165) is 29.4 Å². The molecule has 1 aliphatic heterocycles. The number of carbonyl (C=O) groups is 2. The van der Waals surface area contributed by atoms with E-state index in [4.69, 9.17) is 4.74 Å². The van der Waals surface area contributed by atoms with E-state index >= 15 is 0 Å². The van der Waals surface area contributed by atoms with Gasteiger partial charge in [-0.25, -0.2) is 4.39 Å². The third-order valence-electron chi connectivity index (χ3n) is 7.13. The van der Waals surface area contributed by atoms with Crippen molar-refractivity contribution in [2.45, 2.75) is 46.3 Å². The van der Waals surface area contributed by atoms with Crippen molar-refractivity contribution >= 4 is 28.4 Å². The number of nitrogens with zero attached hydrogens (tertiary/aromatic N) is 4. The maximum Gasteiger partial charge on any atom is 0.270 e. The highest BCUT2D eigenvalue weighted by atomic mass is 19.1. The molecule has 7 nitrogen and oxygen atoms in total. The van der Waals surface area contributed by atoms with Crippen LogP contribution in [-0.2, 0) is 22.6 Å². The molecule has 0 aliphatic carbocycles. The van der Waals surface area contributed by atoms with Gasteiger partial charge in [-0.05, 0) is 50.1 Å². The lowest BCUT2D eigenvalue weighted by Crippen LogP contribution is -2.42. The SMILES string of the molecule is COCCn1c(C(=O)N2CCN(C(C)C)CCCN(C(C)=O)c3cc(F)ccc3C2)cc2ccccc21. The number of rotatable bonds is 5. The number of amides is 2. The van der Waals surface area contributed by atoms with Crippen LogP contribution in [0.15, 0.2) is 48.5 Å². The lowest BCUT2D eigenvalue weighted by molar-refractivity contribution is -0.116. The van der Waals surface area contributed by atoms with Crippen molar-refractivity contribution in [3.63, 3.8) is 0 Å². The van der Waals surface area contributed by atoms with E-state index in [1.165, 1.54) is 19.1 Å². The van der Waals surface area contributed by atoms with Crippen LogP contribution in [0.3, 0.4) is 0 Å². The number of carbonyl (C=O) groups excluding carboxylic acids is 2. The van der Waals surface area contributed by atoms with Gasteiger partial charge < -0.3 is 19.1 Å². The number of halogens is 1. The summed E-state index contributed by atoms with van der Waals surface area (Å²) in [6, 6.07) is 14.7. The number of methoxy groups -OCH3 is 1. The van der Waals surface area contributed by atoms with Crippen LogP contribution in [0.4, 0.5) is 10.1 Å². The molecule has 0 fully saturated rings. The van der Waals surface area contributed by atoms with E-state index in [-0.39, 0.29) is 24.4 Å². The quantitative estimate of drug-likeness (QED) is 0.508. The molecule has 0 bridgehead atoms. The number of hydrogen-bond donors (Lipinski definition) is 0. The zero-order valence-electron chi connectivity index (χ0n) is 22.2. The zero-order valence-corrected chi connectivity index (χ0v) is 22.2. The molecule has 2 aromatic carbocycles. The van der Waals surface area contributed by atoms with Crippen LogP contribution >= 0.6 is 0 Å². The Labute approximate surface area is 218 Å². The molecule has 1 aromatic heterocycles. The smallest absolute Gasteiger partial charge is 0.270 e. The number of benzene rings is 2. The molecular weight excluding hydrogens is 471 g/mol. The molecule has 8 heteroatoms. The lowest BCUT2D eigenvalue weighted by Gasteiger charge is -2.30. The lowest BCUT2D eigenvalue weighted by atomic mass is 10.1. The molecule has 4 rings (SSSR count). The number of aromatic nitrogens is 1. The summed E-state index contributed by atoms with van der Waals surface area (Å²) in [7, 11) is 1.65. The molecule has 3 aromatic rings. The van der Waals surface area contributed by atoms with E-state index in [2.05, 4.69) is 18.7 Å². The van der Waals surface area contributed by atoms with Gasteiger partial charge >= 0.3 is 0 Å². The maximum absolute atomic E-state index is 14.4. The van der Waals surface area contributed by atoms with Crippen molar-refractivity contribution in [1.29, 1.82) is 0 Å². The van der Waals surface area contributed by atoms with Gasteiger partial charge in [-0.1, -0.05) is 24.3 Å². The minimum atomic E-state index is -0.402. The summed E-state index contributed by atoms with van der Waals surface area (Å²) in [6.07, 6.45) is 0.757. The fraction of sp³-hybridized carbons (Fsp3) is 0.448. The highest BCUT2D eigenvalue weighted by Gasteiger charge is 2.26. The van der Waals surface area contributed by atoms with Crippen molar-refractivity contribution in [3.05, 3.63) is 65.6 Å². The van der Waals surface area contributed by atoms with E-state index in [0.29, 0.717) is 44.2 Å². The number of hydrogen-bond acceptors (Lipinski definition) is 4. The molecule has 0 unspecified atom stereocenters. The third-order valence-corrected chi connectivity index (χ3v) is 7.13. The number of anilines is 1. The molecule has 0 saturated heterocycles. The highest BCUT2D eigenvalue weighted by molar-refractivity contribution is 5.99. The molecule has 198 valence electrons. The first-order valence-electron chi connectivity index (χ1n) is 13.0. The van der Waals surface area contributed by atoms with Crippen LogP contribution < -0.4 is 4.90 Å². The first kappa shape index (κ1) is 26.8. The summed E-state index contributed by atoms with van der Waals surface area (Å²) >= 11 is 0. The van der Waals surface area contributed by atoms with Crippen molar-refractivity contribution in [2.75, 3.05) is 44.8 Å². The van der Waals surface area contributed by atoms with Crippen molar-refractivity contribution in [1.82, 2.24) is 14.4 Å². The average Bonchev–Trinajstić information content (AvgIpc) is 3.23. The summed E-state index contributed by atoms with van der Waals surface area (Å²) in [5.41, 5.74) is 2.86. The second-order valence-electron chi connectivity index (χ2n) is 9.89. The second-order valence-corrected chi connectivity index (χ2v) is 9.89. The monoisotopic (exact) mass is 508 g/mol. The van der Waals surface area contributed by atoms with Gasteiger partial charge in [0.2, 0.25) is 5.91 Å². The van der Waals surface area contributed by atoms with Gasteiger partial charge in [0.05, 0.1) is 12.3 Å². The van der Waals surface area contributed by atoms with Gasteiger partial charge in [0, 0.05) is 70.2 Å². The zero-order chi connectivity index (χ0) is 26.5. The molecular formula is C29H37FN4O3. The minimum absolute atomic E-state index is 0.0973. The first-order valence-corrected chi connectivity index (χ1v) is 13.0. The first-order chi connectivity index (χ1) is 17.8. The van der Waals surface area contributed by atoms with Crippen LogP contribution in [0.5, 0.6) is 0 Å². The highest BCUT2D eigenvalue weighted by Crippen LogP contribution is 2.27. The van der Waals surface area contributed by atoms with Gasteiger partial charge in [0.1, 0.15) is 11.5 Å². The van der Waals surface area contributed by atoms with Crippen LogP contribution in [0.25, 0.3) is 10.9 Å². The second kappa shape index (κ2) is 11.9. The summed E-state index contributed by atoms with van der Waals surface area (Å²) in [5, 5.41) is 0.994. The molecule has 0 radical (unpaired) electrons. The molecule has 0 atom stereocenters. The summed E-state index contributed by atoms with van der Waals surface area (Å²) < 4.78 is 21.7. The Morgan fingerprint density at radius 3 is 2.54 bits per heavy atom.